The lowest BCUT2D eigenvalue weighted by Crippen LogP contribution is -2.45. The third-order valence-corrected chi connectivity index (χ3v) is 2.85. The van der Waals surface area contributed by atoms with E-state index in [1.165, 1.54) is 0 Å². The Morgan fingerprint density at radius 3 is 2.74 bits per heavy atom. The number of rotatable bonds is 6. The predicted octanol–water partition coefficient (Wildman–Crippen LogP) is 0.821. The topological polar surface area (TPSA) is 81.4 Å². The van der Waals surface area contributed by atoms with E-state index < -0.39 is 17.9 Å². The summed E-state index contributed by atoms with van der Waals surface area (Å²) in [5, 5.41) is 2.41. The zero-order valence-corrected chi connectivity index (χ0v) is 11.6. The molecule has 0 fully saturated rings. The molecule has 1 unspecified atom stereocenters. The largest absolute Gasteiger partial charge is 0.483 e. The van der Waals surface area contributed by atoms with Gasteiger partial charge in [-0.3, -0.25) is 9.59 Å². The Morgan fingerprint density at radius 2 is 2.16 bits per heavy atom. The highest BCUT2D eigenvalue weighted by molar-refractivity contribution is 9.10. The molecular formula is C13H13BrN2O3. The quantitative estimate of drug-likeness (QED) is 0.760. The summed E-state index contributed by atoms with van der Waals surface area (Å²) in [5.74, 6) is 1.67. The maximum Gasteiger partial charge on any atom is 0.258 e. The Hall–Kier alpha value is -2.00. The standard InChI is InChI=1S/C13H13BrN2O3/c1-2-5-10(13(15)18)16-12(17)8-19-11-7-4-3-6-9(11)14/h1,3-4,6-7,10H,5,8H2,(H2,15,18)(H,16,17). The summed E-state index contributed by atoms with van der Waals surface area (Å²) in [5.41, 5.74) is 5.10. The monoisotopic (exact) mass is 324 g/mol. The molecule has 0 radical (unpaired) electrons. The SMILES string of the molecule is C#CCC(NC(=O)COc1ccccc1Br)C(N)=O. The lowest BCUT2D eigenvalue weighted by Gasteiger charge is -2.13. The van der Waals surface area contributed by atoms with Crippen molar-refractivity contribution < 1.29 is 14.3 Å². The molecule has 0 aliphatic rings. The van der Waals surface area contributed by atoms with Crippen molar-refractivity contribution in [2.45, 2.75) is 12.5 Å². The van der Waals surface area contributed by atoms with Crippen LogP contribution in [0.25, 0.3) is 0 Å². The van der Waals surface area contributed by atoms with Gasteiger partial charge in [0.25, 0.3) is 5.91 Å². The van der Waals surface area contributed by atoms with E-state index in [2.05, 4.69) is 27.2 Å². The molecule has 2 amide bonds. The molecule has 19 heavy (non-hydrogen) atoms. The molecule has 0 bridgehead atoms. The summed E-state index contributed by atoms with van der Waals surface area (Å²) in [6.45, 7) is -0.225. The molecule has 3 N–H and O–H groups in total. The zero-order chi connectivity index (χ0) is 14.3. The normalized spacial score (nSPS) is 11.2. The number of terminal acetylenes is 1. The second kappa shape index (κ2) is 7.44. The fourth-order valence-electron chi connectivity index (χ4n) is 1.28. The fourth-order valence-corrected chi connectivity index (χ4v) is 1.68. The van der Waals surface area contributed by atoms with E-state index in [4.69, 9.17) is 16.9 Å². The molecule has 0 spiro atoms. The van der Waals surface area contributed by atoms with Crippen LogP contribution in [-0.2, 0) is 9.59 Å². The van der Waals surface area contributed by atoms with E-state index in [0.29, 0.717) is 5.75 Å². The molecule has 0 saturated carbocycles. The first-order valence-electron chi connectivity index (χ1n) is 5.44. The Balaban J connectivity index is 2.50. The highest BCUT2D eigenvalue weighted by Gasteiger charge is 2.17. The number of carbonyl (C=O) groups excluding carboxylic acids is 2. The minimum atomic E-state index is -0.875. The van der Waals surface area contributed by atoms with E-state index in [1.54, 1.807) is 18.2 Å². The first-order valence-corrected chi connectivity index (χ1v) is 6.23. The number of nitrogens with one attached hydrogen (secondary N) is 1. The van der Waals surface area contributed by atoms with Crippen LogP contribution in [0.3, 0.4) is 0 Å². The van der Waals surface area contributed by atoms with Crippen LogP contribution >= 0.6 is 15.9 Å². The zero-order valence-electron chi connectivity index (χ0n) is 10.1. The minimum absolute atomic E-state index is 0.0517. The predicted molar refractivity (Wildman–Crippen MR) is 74.2 cm³/mol. The molecule has 1 aromatic rings. The molecule has 1 aromatic carbocycles. The number of primary amides is 1. The molecule has 0 saturated heterocycles. The van der Waals surface area contributed by atoms with Crippen molar-refractivity contribution >= 4 is 27.7 Å². The number of ether oxygens (including phenoxy) is 1. The average molecular weight is 325 g/mol. The van der Waals surface area contributed by atoms with Crippen molar-refractivity contribution in [2.24, 2.45) is 5.73 Å². The van der Waals surface area contributed by atoms with Gasteiger partial charge in [0.2, 0.25) is 5.91 Å². The van der Waals surface area contributed by atoms with Gasteiger partial charge >= 0.3 is 0 Å². The second-order valence-electron chi connectivity index (χ2n) is 3.65. The Morgan fingerprint density at radius 1 is 1.47 bits per heavy atom. The molecule has 0 aliphatic heterocycles. The molecule has 6 heteroatoms. The summed E-state index contributed by atoms with van der Waals surface area (Å²) in [7, 11) is 0. The van der Waals surface area contributed by atoms with Crippen LogP contribution < -0.4 is 15.8 Å². The van der Waals surface area contributed by atoms with Gasteiger partial charge in [0, 0.05) is 6.42 Å². The number of halogens is 1. The Kier molecular flexibility index (Phi) is 5.90. The van der Waals surface area contributed by atoms with Gasteiger partial charge in [-0.15, -0.1) is 12.3 Å². The van der Waals surface area contributed by atoms with Crippen LogP contribution in [0, 0.1) is 12.3 Å². The first kappa shape index (κ1) is 15.1. The van der Waals surface area contributed by atoms with E-state index in [9.17, 15) is 9.59 Å². The maximum atomic E-state index is 11.6. The van der Waals surface area contributed by atoms with Gasteiger partial charge in [0.1, 0.15) is 11.8 Å². The molecule has 100 valence electrons. The highest BCUT2D eigenvalue weighted by atomic mass is 79.9. The van der Waals surface area contributed by atoms with Gasteiger partial charge in [-0.2, -0.15) is 0 Å². The molecule has 0 aromatic heterocycles. The summed E-state index contributed by atoms with van der Waals surface area (Å²) in [6, 6.07) is 6.23. The van der Waals surface area contributed by atoms with Gasteiger partial charge in [-0.25, -0.2) is 0 Å². The molecule has 0 aliphatic carbocycles. The second-order valence-corrected chi connectivity index (χ2v) is 4.50. The van der Waals surface area contributed by atoms with Gasteiger partial charge in [0.05, 0.1) is 4.47 Å². The fraction of sp³-hybridized carbons (Fsp3) is 0.231. The molecular weight excluding hydrogens is 312 g/mol. The van der Waals surface area contributed by atoms with E-state index in [1.807, 2.05) is 6.07 Å². The number of carbonyl (C=O) groups is 2. The van der Waals surface area contributed by atoms with Crippen molar-refractivity contribution in [2.75, 3.05) is 6.61 Å². The van der Waals surface area contributed by atoms with Gasteiger partial charge in [-0.05, 0) is 28.1 Å². The lowest BCUT2D eigenvalue weighted by molar-refractivity contribution is -0.128. The molecule has 5 nitrogen and oxygen atoms in total. The smallest absolute Gasteiger partial charge is 0.258 e. The summed E-state index contributed by atoms with van der Waals surface area (Å²) in [4.78, 5) is 22.6. The number of para-hydroxylation sites is 1. The molecule has 0 heterocycles. The third kappa shape index (κ3) is 5.02. The number of hydrogen-bond donors (Lipinski definition) is 2. The van der Waals surface area contributed by atoms with Crippen LogP contribution in [0.5, 0.6) is 5.75 Å². The van der Waals surface area contributed by atoms with Crippen LogP contribution in [0.15, 0.2) is 28.7 Å². The number of hydrogen-bond acceptors (Lipinski definition) is 3. The summed E-state index contributed by atoms with van der Waals surface area (Å²) in [6.07, 6.45) is 5.13. The van der Waals surface area contributed by atoms with Crippen LogP contribution in [0.1, 0.15) is 6.42 Å². The van der Waals surface area contributed by atoms with E-state index in [-0.39, 0.29) is 13.0 Å². The van der Waals surface area contributed by atoms with Crippen LogP contribution in [0.2, 0.25) is 0 Å². The molecule has 1 rings (SSSR count). The third-order valence-electron chi connectivity index (χ3n) is 2.20. The number of amides is 2. The highest BCUT2D eigenvalue weighted by Crippen LogP contribution is 2.23. The lowest BCUT2D eigenvalue weighted by atomic mass is 10.2. The van der Waals surface area contributed by atoms with Crippen molar-refractivity contribution in [1.82, 2.24) is 5.32 Å². The first-order chi connectivity index (χ1) is 9.04. The van der Waals surface area contributed by atoms with Crippen LogP contribution in [0.4, 0.5) is 0 Å². The van der Waals surface area contributed by atoms with E-state index >= 15 is 0 Å². The minimum Gasteiger partial charge on any atom is -0.483 e. The molecule has 1 atom stereocenters. The summed E-state index contributed by atoms with van der Waals surface area (Å²) >= 11 is 3.29. The Labute approximate surface area is 119 Å². The van der Waals surface area contributed by atoms with Crippen molar-refractivity contribution in [3.63, 3.8) is 0 Å². The van der Waals surface area contributed by atoms with Crippen molar-refractivity contribution in [3.05, 3.63) is 28.7 Å². The van der Waals surface area contributed by atoms with E-state index in [0.717, 1.165) is 4.47 Å². The van der Waals surface area contributed by atoms with Crippen molar-refractivity contribution in [1.29, 1.82) is 0 Å². The van der Waals surface area contributed by atoms with Gasteiger partial charge < -0.3 is 15.8 Å². The number of nitrogens with two attached hydrogens (primary N) is 1. The van der Waals surface area contributed by atoms with Gasteiger partial charge in [0.15, 0.2) is 6.61 Å². The number of benzene rings is 1. The Bertz CT molecular complexity index is 511. The van der Waals surface area contributed by atoms with Crippen LogP contribution in [-0.4, -0.2) is 24.5 Å². The van der Waals surface area contributed by atoms with Gasteiger partial charge in [-0.1, -0.05) is 12.1 Å². The summed E-state index contributed by atoms with van der Waals surface area (Å²) < 4.78 is 6.03. The average Bonchev–Trinajstić information content (AvgIpc) is 2.37. The maximum absolute atomic E-state index is 11.6. The van der Waals surface area contributed by atoms with Crippen molar-refractivity contribution in [3.8, 4) is 18.1 Å².